The molecule has 1 heterocycles. The molecule has 1 N–H and O–H groups in total. The Balaban J connectivity index is 1.81. The quantitative estimate of drug-likeness (QED) is 0.722. The molecule has 160 valence electrons. The van der Waals surface area contributed by atoms with Crippen molar-refractivity contribution in [2.24, 2.45) is 0 Å². The number of para-hydroxylation sites is 1. The summed E-state index contributed by atoms with van der Waals surface area (Å²) in [5.41, 5.74) is 0.845. The Bertz CT molecular complexity index is 856. The number of methoxy groups -OCH3 is 2. The number of carbonyl (C=O) groups excluding carboxylic acids is 2. The van der Waals surface area contributed by atoms with Gasteiger partial charge in [0.15, 0.2) is 18.1 Å². The third-order valence-electron chi connectivity index (χ3n) is 5.11. The summed E-state index contributed by atoms with van der Waals surface area (Å²) in [4.78, 5) is 27.4. The fourth-order valence-electron chi connectivity index (χ4n) is 3.51. The molecule has 0 spiro atoms. The van der Waals surface area contributed by atoms with Gasteiger partial charge in [-0.25, -0.2) is 0 Å². The number of hydrogen-bond acceptors (Lipinski definition) is 5. The first-order valence-electron chi connectivity index (χ1n) is 10.1. The first kappa shape index (κ1) is 21.5. The highest BCUT2D eigenvalue weighted by atomic mass is 16.5. The van der Waals surface area contributed by atoms with Crippen molar-refractivity contribution in [1.82, 2.24) is 10.2 Å². The summed E-state index contributed by atoms with van der Waals surface area (Å²) in [5.74, 6) is 1.44. The van der Waals surface area contributed by atoms with Crippen LogP contribution in [0.2, 0.25) is 0 Å². The van der Waals surface area contributed by atoms with Crippen LogP contribution in [0.3, 0.4) is 0 Å². The lowest BCUT2D eigenvalue weighted by molar-refractivity contribution is -0.142. The van der Waals surface area contributed by atoms with E-state index in [0.29, 0.717) is 30.2 Å². The van der Waals surface area contributed by atoms with Crippen molar-refractivity contribution in [3.63, 3.8) is 0 Å². The summed E-state index contributed by atoms with van der Waals surface area (Å²) in [6.45, 7) is 0.769. The van der Waals surface area contributed by atoms with E-state index >= 15 is 0 Å². The van der Waals surface area contributed by atoms with Gasteiger partial charge in [-0.2, -0.15) is 0 Å². The van der Waals surface area contributed by atoms with Gasteiger partial charge in [-0.05, 0) is 49.1 Å². The van der Waals surface area contributed by atoms with Gasteiger partial charge in [-0.3, -0.25) is 9.59 Å². The zero-order valence-electron chi connectivity index (χ0n) is 17.4. The first-order chi connectivity index (χ1) is 14.6. The maximum absolute atomic E-state index is 13.1. The number of benzene rings is 2. The van der Waals surface area contributed by atoms with Crippen molar-refractivity contribution < 1.29 is 23.8 Å². The molecule has 1 fully saturated rings. The Morgan fingerprint density at radius 3 is 2.57 bits per heavy atom. The number of ether oxygens (including phenoxy) is 3. The zero-order valence-corrected chi connectivity index (χ0v) is 17.4. The molecule has 1 aliphatic heterocycles. The maximum Gasteiger partial charge on any atom is 0.261 e. The average molecular weight is 412 g/mol. The van der Waals surface area contributed by atoms with Gasteiger partial charge in [-0.15, -0.1) is 0 Å². The van der Waals surface area contributed by atoms with Crippen LogP contribution in [0.5, 0.6) is 17.2 Å². The number of nitrogens with one attached hydrogen (secondary N) is 1. The largest absolute Gasteiger partial charge is 0.493 e. The lowest BCUT2D eigenvalue weighted by atomic mass is 10.1. The standard InChI is InChI=1S/C23H28N2O5/c1-28-20-12-11-17(14-21(20)29-2)15-25(19-10-6-7-13-24-23(19)27)22(26)16-30-18-8-4-3-5-9-18/h3-5,8-9,11-12,14,19H,6-7,10,13,15-16H2,1-2H3,(H,24,27). The van der Waals surface area contributed by atoms with Crippen LogP contribution in [-0.4, -0.2) is 50.1 Å². The summed E-state index contributed by atoms with van der Waals surface area (Å²) < 4.78 is 16.3. The van der Waals surface area contributed by atoms with Crippen LogP contribution in [0.1, 0.15) is 24.8 Å². The second-order valence-corrected chi connectivity index (χ2v) is 7.12. The molecule has 0 bridgehead atoms. The summed E-state index contributed by atoms with van der Waals surface area (Å²) in [7, 11) is 3.14. The van der Waals surface area contributed by atoms with Crippen LogP contribution in [0.25, 0.3) is 0 Å². The van der Waals surface area contributed by atoms with Crippen molar-refractivity contribution in [1.29, 1.82) is 0 Å². The highest BCUT2D eigenvalue weighted by Gasteiger charge is 2.31. The summed E-state index contributed by atoms with van der Waals surface area (Å²) in [6, 6.07) is 14.1. The van der Waals surface area contributed by atoms with E-state index in [4.69, 9.17) is 14.2 Å². The van der Waals surface area contributed by atoms with E-state index in [-0.39, 0.29) is 25.0 Å². The van der Waals surface area contributed by atoms with Crippen LogP contribution in [0, 0.1) is 0 Å². The van der Waals surface area contributed by atoms with Crippen molar-refractivity contribution in [3.05, 3.63) is 54.1 Å². The van der Waals surface area contributed by atoms with Crippen LogP contribution >= 0.6 is 0 Å². The maximum atomic E-state index is 13.1. The molecule has 1 atom stereocenters. The second-order valence-electron chi connectivity index (χ2n) is 7.12. The van der Waals surface area contributed by atoms with Crippen molar-refractivity contribution >= 4 is 11.8 Å². The Hall–Kier alpha value is -3.22. The van der Waals surface area contributed by atoms with E-state index in [1.54, 1.807) is 37.3 Å². The van der Waals surface area contributed by atoms with Gasteiger partial charge in [0.1, 0.15) is 11.8 Å². The molecule has 2 aromatic carbocycles. The minimum Gasteiger partial charge on any atom is -0.493 e. The lowest BCUT2D eigenvalue weighted by Crippen LogP contribution is -2.49. The van der Waals surface area contributed by atoms with E-state index in [1.807, 2.05) is 30.3 Å². The van der Waals surface area contributed by atoms with Crippen LogP contribution in [0.15, 0.2) is 48.5 Å². The topological polar surface area (TPSA) is 77.1 Å². The Morgan fingerprint density at radius 1 is 1.07 bits per heavy atom. The molecule has 30 heavy (non-hydrogen) atoms. The summed E-state index contributed by atoms with van der Waals surface area (Å²) in [6.07, 6.45) is 2.40. The molecule has 3 rings (SSSR count). The third kappa shape index (κ3) is 5.43. The van der Waals surface area contributed by atoms with E-state index in [2.05, 4.69) is 5.32 Å². The number of rotatable bonds is 8. The number of amides is 2. The normalized spacial score (nSPS) is 16.2. The van der Waals surface area contributed by atoms with Gasteiger partial charge in [0.05, 0.1) is 14.2 Å². The molecule has 0 radical (unpaired) electrons. The molecule has 0 aromatic heterocycles. The van der Waals surface area contributed by atoms with E-state index < -0.39 is 6.04 Å². The van der Waals surface area contributed by atoms with Crippen LogP contribution in [-0.2, 0) is 16.1 Å². The number of nitrogens with zero attached hydrogens (tertiary/aromatic N) is 1. The fraction of sp³-hybridized carbons (Fsp3) is 0.391. The smallest absolute Gasteiger partial charge is 0.261 e. The monoisotopic (exact) mass is 412 g/mol. The molecule has 2 amide bonds. The third-order valence-corrected chi connectivity index (χ3v) is 5.11. The molecular weight excluding hydrogens is 384 g/mol. The number of carbonyl (C=O) groups is 2. The van der Waals surface area contributed by atoms with Gasteiger partial charge in [0, 0.05) is 13.1 Å². The highest BCUT2D eigenvalue weighted by Crippen LogP contribution is 2.28. The SMILES string of the molecule is COc1ccc(CN(C(=O)COc2ccccc2)C2CCCCNC2=O)cc1OC. The van der Waals surface area contributed by atoms with Gasteiger partial charge in [0.25, 0.3) is 5.91 Å². The lowest BCUT2D eigenvalue weighted by Gasteiger charge is -2.30. The van der Waals surface area contributed by atoms with Gasteiger partial charge in [0.2, 0.25) is 5.91 Å². The van der Waals surface area contributed by atoms with Crippen molar-refractivity contribution in [2.75, 3.05) is 27.4 Å². The Labute approximate surface area is 176 Å². The average Bonchev–Trinajstić information content (AvgIpc) is 3.00. The highest BCUT2D eigenvalue weighted by molar-refractivity contribution is 5.88. The number of hydrogen-bond donors (Lipinski definition) is 1. The fourth-order valence-corrected chi connectivity index (χ4v) is 3.51. The molecule has 1 saturated heterocycles. The van der Waals surface area contributed by atoms with Crippen molar-refractivity contribution in [3.8, 4) is 17.2 Å². The predicted octanol–water partition coefficient (Wildman–Crippen LogP) is 2.78. The van der Waals surface area contributed by atoms with E-state index in [0.717, 1.165) is 18.4 Å². The Morgan fingerprint density at radius 2 is 1.83 bits per heavy atom. The van der Waals surface area contributed by atoms with Gasteiger partial charge >= 0.3 is 0 Å². The van der Waals surface area contributed by atoms with E-state index in [1.165, 1.54) is 0 Å². The molecule has 7 nitrogen and oxygen atoms in total. The van der Waals surface area contributed by atoms with Crippen LogP contribution in [0.4, 0.5) is 0 Å². The minimum absolute atomic E-state index is 0.124. The molecule has 2 aromatic rings. The predicted molar refractivity (Wildman–Crippen MR) is 113 cm³/mol. The Kier molecular flexibility index (Phi) is 7.54. The van der Waals surface area contributed by atoms with Crippen LogP contribution < -0.4 is 19.5 Å². The minimum atomic E-state index is -0.535. The second kappa shape index (κ2) is 10.5. The molecule has 1 aliphatic rings. The van der Waals surface area contributed by atoms with Gasteiger partial charge < -0.3 is 24.4 Å². The molecule has 0 saturated carbocycles. The first-order valence-corrected chi connectivity index (χ1v) is 10.1. The molecule has 7 heteroatoms. The van der Waals surface area contributed by atoms with E-state index in [9.17, 15) is 9.59 Å². The molecular formula is C23H28N2O5. The summed E-state index contributed by atoms with van der Waals surface area (Å²) in [5, 5.41) is 2.91. The summed E-state index contributed by atoms with van der Waals surface area (Å²) >= 11 is 0. The molecule has 0 aliphatic carbocycles. The zero-order chi connectivity index (χ0) is 21.3. The molecule has 1 unspecified atom stereocenters. The van der Waals surface area contributed by atoms with Crippen molar-refractivity contribution in [2.45, 2.75) is 31.8 Å². The van der Waals surface area contributed by atoms with Gasteiger partial charge in [-0.1, -0.05) is 24.3 Å².